The van der Waals surface area contributed by atoms with Gasteiger partial charge in [-0.25, -0.2) is 0 Å². The van der Waals surface area contributed by atoms with Crippen LogP contribution in [0.1, 0.15) is 16.1 Å². The van der Waals surface area contributed by atoms with Gasteiger partial charge < -0.3 is 16.0 Å². The Labute approximate surface area is 123 Å². The highest BCUT2D eigenvalue weighted by atomic mass is 16.1. The molecule has 6 nitrogen and oxygen atoms in total. The number of benzene rings is 1. The standard InChI is InChI=1S/C15H19N5O/c1-20-9-5-12(19-20)4-6-18-15(21)11-2-3-13-14(10-11)17-8-7-16-13/h2-3,5,9-10,16-17H,4,6-8H2,1H3,(H,18,21). The number of nitrogens with zero attached hydrogens (tertiary/aromatic N) is 2. The fourth-order valence-corrected chi connectivity index (χ4v) is 2.38. The highest BCUT2D eigenvalue weighted by Gasteiger charge is 2.11. The lowest BCUT2D eigenvalue weighted by Crippen LogP contribution is -2.26. The first kappa shape index (κ1) is 13.5. The Bertz CT molecular complexity index is 649. The fraction of sp³-hybridized carbons (Fsp3) is 0.333. The first-order valence-corrected chi connectivity index (χ1v) is 7.11. The molecular weight excluding hydrogens is 266 g/mol. The van der Waals surface area contributed by atoms with Crippen LogP contribution in [0.5, 0.6) is 0 Å². The number of aryl methyl sites for hydroxylation is 1. The van der Waals surface area contributed by atoms with Crippen molar-refractivity contribution in [3.05, 3.63) is 41.7 Å². The third kappa shape index (κ3) is 3.16. The molecule has 2 heterocycles. The van der Waals surface area contributed by atoms with E-state index in [1.54, 1.807) is 4.68 Å². The van der Waals surface area contributed by atoms with Crippen LogP contribution in [0.3, 0.4) is 0 Å². The normalized spacial score (nSPS) is 13.0. The SMILES string of the molecule is Cn1ccc(CCNC(=O)c2ccc3c(c2)NCCN3)n1. The summed E-state index contributed by atoms with van der Waals surface area (Å²) in [5.41, 5.74) is 3.69. The van der Waals surface area contributed by atoms with Crippen molar-refractivity contribution in [2.75, 3.05) is 30.3 Å². The van der Waals surface area contributed by atoms with Crippen LogP contribution in [0.25, 0.3) is 0 Å². The molecule has 1 aliphatic heterocycles. The molecule has 0 spiro atoms. The summed E-state index contributed by atoms with van der Waals surface area (Å²) in [6, 6.07) is 7.63. The maximum absolute atomic E-state index is 12.1. The summed E-state index contributed by atoms with van der Waals surface area (Å²) < 4.78 is 1.76. The summed E-state index contributed by atoms with van der Waals surface area (Å²) in [5.74, 6) is -0.0545. The van der Waals surface area contributed by atoms with E-state index in [1.807, 2.05) is 37.5 Å². The van der Waals surface area contributed by atoms with Crippen LogP contribution in [0.2, 0.25) is 0 Å². The summed E-state index contributed by atoms with van der Waals surface area (Å²) in [7, 11) is 1.89. The van der Waals surface area contributed by atoms with Gasteiger partial charge >= 0.3 is 0 Å². The number of amides is 1. The van der Waals surface area contributed by atoms with E-state index in [4.69, 9.17) is 0 Å². The lowest BCUT2D eigenvalue weighted by atomic mass is 10.1. The summed E-state index contributed by atoms with van der Waals surface area (Å²) >= 11 is 0. The minimum Gasteiger partial charge on any atom is -0.382 e. The molecule has 3 rings (SSSR count). The molecule has 1 amide bonds. The molecule has 0 atom stereocenters. The van der Waals surface area contributed by atoms with Crippen molar-refractivity contribution < 1.29 is 4.79 Å². The fourth-order valence-electron chi connectivity index (χ4n) is 2.38. The molecule has 1 aliphatic rings. The molecule has 0 fully saturated rings. The van der Waals surface area contributed by atoms with Crippen LogP contribution in [-0.4, -0.2) is 35.3 Å². The zero-order chi connectivity index (χ0) is 14.7. The van der Waals surface area contributed by atoms with Crippen molar-refractivity contribution in [1.82, 2.24) is 15.1 Å². The lowest BCUT2D eigenvalue weighted by molar-refractivity contribution is 0.0954. The van der Waals surface area contributed by atoms with Gasteiger partial charge in [-0.15, -0.1) is 0 Å². The number of aromatic nitrogens is 2. The predicted octanol–water partition coefficient (Wildman–Crippen LogP) is 1.23. The molecular formula is C15H19N5O. The smallest absolute Gasteiger partial charge is 0.251 e. The maximum atomic E-state index is 12.1. The van der Waals surface area contributed by atoms with Crippen LogP contribution >= 0.6 is 0 Å². The molecule has 110 valence electrons. The van der Waals surface area contributed by atoms with Crippen LogP contribution < -0.4 is 16.0 Å². The van der Waals surface area contributed by atoms with Gasteiger partial charge in [0.2, 0.25) is 0 Å². The zero-order valence-electron chi connectivity index (χ0n) is 12.0. The van der Waals surface area contributed by atoms with Gasteiger partial charge in [-0.2, -0.15) is 5.10 Å². The number of carbonyl (C=O) groups excluding carboxylic acids is 1. The lowest BCUT2D eigenvalue weighted by Gasteiger charge is -2.20. The Morgan fingerprint density at radius 1 is 1.29 bits per heavy atom. The summed E-state index contributed by atoms with van der Waals surface area (Å²) in [4.78, 5) is 12.1. The van der Waals surface area contributed by atoms with Crippen LogP contribution in [-0.2, 0) is 13.5 Å². The van der Waals surface area contributed by atoms with E-state index in [0.717, 1.165) is 36.6 Å². The summed E-state index contributed by atoms with van der Waals surface area (Å²) in [6.07, 6.45) is 2.64. The van der Waals surface area contributed by atoms with E-state index in [9.17, 15) is 4.79 Å². The Balaban J connectivity index is 1.57. The largest absolute Gasteiger partial charge is 0.382 e. The number of carbonyl (C=O) groups is 1. The monoisotopic (exact) mass is 285 g/mol. The van der Waals surface area contributed by atoms with Gasteiger partial charge in [0.05, 0.1) is 17.1 Å². The van der Waals surface area contributed by atoms with Crippen molar-refractivity contribution in [3.8, 4) is 0 Å². The average molecular weight is 285 g/mol. The molecule has 0 bridgehead atoms. The summed E-state index contributed by atoms with van der Waals surface area (Å²) in [6.45, 7) is 2.36. The number of rotatable bonds is 4. The highest BCUT2D eigenvalue weighted by Crippen LogP contribution is 2.25. The summed E-state index contributed by atoms with van der Waals surface area (Å²) in [5, 5.41) is 13.8. The molecule has 0 aliphatic carbocycles. The molecule has 1 aromatic carbocycles. The second kappa shape index (κ2) is 5.87. The van der Waals surface area contributed by atoms with E-state index < -0.39 is 0 Å². The molecule has 2 aromatic rings. The average Bonchev–Trinajstić information content (AvgIpc) is 2.92. The number of hydrogen-bond acceptors (Lipinski definition) is 4. The molecule has 0 saturated heterocycles. The van der Waals surface area contributed by atoms with Gasteiger partial charge in [0.25, 0.3) is 5.91 Å². The number of hydrogen-bond donors (Lipinski definition) is 3. The van der Waals surface area contributed by atoms with Gasteiger partial charge in [0.1, 0.15) is 0 Å². The van der Waals surface area contributed by atoms with Crippen molar-refractivity contribution in [3.63, 3.8) is 0 Å². The Kier molecular flexibility index (Phi) is 3.77. The van der Waals surface area contributed by atoms with Crippen molar-refractivity contribution >= 4 is 17.3 Å². The first-order valence-electron chi connectivity index (χ1n) is 7.11. The first-order chi connectivity index (χ1) is 10.2. The second-order valence-corrected chi connectivity index (χ2v) is 5.10. The van der Waals surface area contributed by atoms with Crippen molar-refractivity contribution in [2.24, 2.45) is 7.05 Å². The molecule has 21 heavy (non-hydrogen) atoms. The van der Waals surface area contributed by atoms with Gasteiger partial charge in [-0.1, -0.05) is 0 Å². The van der Waals surface area contributed by atoms with Gasteiger partial charge in [-0.3, -0.25) is 9.48 Å². The highest BCUT2D eigenvalue weighted by molar-refractivity contribution is 5.96. The van der Waals surface area contributed by atoms with E-state index >= 15 is 0 Å². The van der Waals surface area contributed by atoms with E-state index in [-0.39, 0.29) is 5.91 Å². The zero-order valence-corrected chi connectivity index (χ0v) is 12.0. The number of anilines is 2. The third-order valence-electron chi connectivity index (χ3n) is 3.47. The van der Waals surface area contributed by atoms with Gasteiger partial charge in [0, 0.05) is 44.9 Å². The number of fused-ring (bicyclic) bond motifs is 1. The number of nitrogens with one attached hydrogen (secondary N) is 3. The molecule has 6 heteroatoms. The molecule has 3 N–H and O–H groups in total. The Hall–Kier alpha value is -2.50. The van der Waals surface area contributed by atoms with Crippen LogP contribution in [0, 0.1) is 0 Å². The molecule has 0 radical (unpaired) electrons. The molecule has 0 unspecified atom stereocenters. The van der Waals surface area contributed by atoms with Crippen LogP contribution in [0.4, 0.5) is 11.4 Å². The van der Waals surface area contributed by atoms with Crippen molar-refractivity contribution in [2.45, 2.75) is 6.42 Å². The third-order valence-corrected chi connectivity index (χ3v) is 3.47. The second-order valence-electron chi connectivity index (χ2n) is 5.10. The Morgan fingerprint density at radius 2 is 2.10 bits per heavy atom. The van der Waals surface area contributed by atoms with E-state index in [2.05, 4.69) is 21.0 Å². The topological polar surface area (TPSA) is 71.0 Å². The Morgan fingerprint density at radius 3 is 2.86 bits per heavy atom. The van der Waals surface area contributed by atoms with Crippen LogP contribution in [0.15, 0.2) is 30.5 Å². The molecule has 1 aromatic heterocycles. The van der Waals surface area contributed by atoms with Crippen molar-refractivity contribution in [1.29, 1.82) is 0 Å². The maximum Gasteiger partial charge on any atom is 0.251 e. The quantitative estimate of drug-likeness (QED) is 0.790. The van der Waals surface area contributed by atoms with Gasteiger partial charge in [-0.05, 0) is 24.3 Å². The van der Waals surface area contributed by atoms with E-state index in [1.165, 1.54) is 0 Å². The van der Waals surface area contributed by atoms with E-state index in [0.29, 0.717) is 12.1 Å². The minimum absolute atomic E-state index is 0.0545. The van der Waals surface area contributed by atoms with Gasteiger partial charge in [0.15, 0.2) is 0 Å². The minimum atomic E-state index is -0.0545. The predicted molar refractivity (Wildman–Crippen MR) is 82.7 cm³/mol. The molecule has 0 saturated carbocycles.